The molecular weight excluding hydrogens is 188 g/mol. The van der Waals surface area contributed by atoms with Gasteiger partial charge >= 0.3 is 0 Å². The predicted molar refractivity (Wildman–Crippen MR) is 61.9 cm³/mol. The highest BCUT2D eigenvalue weighted by Crippen LogP contribution is 2.29. The minimum atomic E-state index is 0.211. The maximum absolute atomic E-state index is 11.6. The number of nitrogen functional groups attached to an aromatic ring is 1. The molecule has 1 aliphatic heterocycles. The number of hydrogen-bond donors (Lipinski definition) is 1. The van der Waals surface area contributed by atoms with Crippen LogP contribution in [0.4, 0.5) is 11.4 Å². The zero-order valence-corrected chi connectivity index (χ0v) is 9.21. The van der Waals surface area contributed by atoms with E-state index in [4.69, 9.17) is 5.73 Å². The maximum atomic E-state index is 11.6. The van der Waals surface area contributed by atoms with E-state index in [1.54, 1.807) is 0 Å². The van der Waals surface area contributed by atoms with Crippen LogP contribution in [-0.4, -0.2) is 12.5 Å². The number of nitrogens with two attached hydrogens (primary N) is 1. The molecule has 3 nitrogen and oxygen atoms in total. The van der Waals surface area contributed by atoms with Gasteiger partial charge in [-0.2, -0.15) is 0 Å². The van der Waals surface area contributed by atoms with E-state index in [0.717, 1.165) is 35.5 Å². The van der Waals surface area contributed by atoms with Crippen molar-refractivity contribution in [1.29, 1.82) is 0 Å². The Labute approximate surface area is 89.9 Å². The third kappa shape index (κ3) is 1.69. The number of carbonyl (C=O) groups excluding carboxylic acids is 1. The van der Waals surface area contributed by atoms with Crippen molar-refractivity contribution >= 4 is 17.3 Å². The van der Waals surface area contributed by atoms with E-state index in [2.05, 4.69) is 0 Å². The monoisotopic (exact) mass is 204 g/mol. The normalized spacial score (nSPS) is 16.1. The molecule has 3 heteroatoms. The second kappa shape index (κ2) is 3.57. The van der Waals surface area contributed by atoms with E-state index in [0.29, 0.717) is 6.42 Å². The highest BCUT2D eigenvalue weighted by Gasteiger charge is 2.23. The Kier molecular flexibility index (Phi) is 2.39. The van der Waals surface area contributed by atoms with Gasteiger partial charge in [0.05, 0.1) is 0 Å². The number of rotatable bonds is 1. The van der Waals surface area contributed by atoms with Gasteiger partial charge in [-0.05, 0) is 43.5 Å². The summed E-state index contributed by atoms with van der Waals surface area (Å²) in [6.45, 7) is 4.88. The number of carbonyl (C=O) groups is 1. The van der Waals surface area contributed by atoms with Gasteiger partial charge in [0.25, 0.3) is 0 Å². The SMILES string of the molecule is Cc1cc(N)cc(N2CCCC2=O)c1C. The van der Waals surface area contributed by atoms with Crippen molar-refractivity contribution in [2.24, 2.45) is 0 Å². The van der Waals surface area contributed by atoms with Crippen LogP contribution in [0.15, 0.2) is 12.1 Å². The predicted octanol–water partition coefficient (Wildman–Crippen LogP) is 2.01. The molecule has 1 saturated heterocycles. The van der Waals surface area contributed by atoms with Crippen LogP contribution < -0.4 is 10.6 Å². The summed E-state index contributed by atoms with van der Waals surface area (Å²) >= 11 is 0. The average Bonchev–Trinajstić information content (AvgIpc) is 2.58. The van der Waals surface area contributed by atoms with Gasteiger partial charge in [-0.1, -0.05) is 0 Å². The van der Waals surface area contributed by atoms with Crippen LogP contribution >= 0.6 is 0 Å². The van der Waals surface area contributed by atoms with Crippen LogP contribution in [0.25, 0.3) is 0 Å². The van der Waals surface area contributed by atoms with Gasteiger partial charge in [0.2, 0.25) is 5.91 Å². The fraction of sp³-hybridized carbons (Fsp3) is 0.417. The van der Waals surface area contributed by atoms with Crippen LogP contribution in [0.5, 0.6) is 0 Å². The summed E-state index contributed by atoms with van der Waals surface area (Å²) in [5, 5.41) is 0. The zero-order chi connectivity index (χ0) is 11.0. The Morgan fingerprint density at radius 3 is 2.67 bits per heavy atom. The molecule has 0 atom stereocenters. The van der Waals surface area contributed by atoms with E-state index in [1.807, 2.05) is 30.9 Å². The third-order valence-electron chi connectivity index (χ3n) is 3.03. The molecule has 0 aliphatic carbocycles. The molecule has 1 fully saturated rings. The number of hydrogen-bond acceptors (Lipinski definition) is 2. The van der Waals surface area contributed by atoms with Gasteiger partial charge in [0, 0.05) is 24.3 Å². The van der Waals surface area contributed by atoms with E-state index < -0.39 is 0 Å². The highest BCUT2D eigenvalue weighted by molar-refractivity contribution is 5.96. The van der Waals surface area contributed by atoms with E-state index in [1.165, 1.54) is 0 Å². The average molecular weight is 204 g/mol. The van der Waals surface area contributed by atoms with Crippen molar-refractivity contribution in [2.45, 2.75) is 26.7 Å². The van der Waals surface area contributed by atoms with Gasteiger partial charge in [-0.15, -0.1) is 0 Å². The molecule has 0 saturated carbocycles. The van der Waals surface area contributed by atoms with Crippen molar-refractivity contribution in [3.63, 3.8) is 0 Å². The summed E-state index contributed by atoms with van der Waals surface area (Å²) < 4.78 is 0. The summed E-state index contributed by atoms with van der Waals surface area (Å²) in [6.07, 6.45) is 1.61. The number of nitrogens with zero attached hydrogens (tertiary/aromatic N) is 1. The largest absolute Gasteiger partial charge is 0.399 e. The first-order valence-electron chi connectivity index (χ1n) is 5.26. The van der Waals surface area contributed by atoms with Gasteiger partial charge in [-0.3, -0.25) is 4.79 Å². The summed E-state index contributed by atoms with van der Waals surface area (Å²) in [4.78, 5) is 13.5. The van der Waals surface area contributed by atoms with Crippen LogP contribution in [0.1, 0.15) is 24.0 Å². The molecule has 0 bridgehead atoms. The second-order valence-electron chi connectivity index (χ2n) is 4.13. The Morgan fingerprint density at radius 2 is 2.07 bits per heavy atom. The second-order valence-corrected chi connectivity index (χ2v) is 4.13. The van der Waals surface area contributed by atoms with Crippen molar-refractivity contribution in [2.75, 3.05) is 17.2 Å². The van der Waals surface area contributed by atoms with Crippen molar-refractivity contribution < 1.29 is 4.79 Å². The number of amides is 1. The molecule has 2 rings (SSSR count). The molecule has 1 aromatic carbocycles. The Morgan fingerprint density at radius 1 is 1.33 bits per heavy atom. The van der Waals surface area contributed by atoms with E-state index in [-0.39, 0.29) is 5.91 Å². The standard InChI is InChI=1S/C12H16N2O/c1-8-6-10(13)7-11(9(8)2)14-5-3-4-12(14)15/h6-7H,3-5,13H2,1-2H3. The van der Waals surface area contributed by atoms with Crippen molar-refractivity contribution in [3.05, 3.63) is 23.3 Å². The van der Waals surface area contributed by atoms with Gasteiger partial charge in [-0.25, -0.2) is 0 Å². The summed E-state index contributed by atoms with van der Waals surface area (Å²) in [6, 6.07) is 3.84. The molecule has 0 unspecified atom stereocenters. The van der Waals surface area contributed by atoms with Gasteiger partial charge in [0.15, 0.2) is 0 Å². The molecule has 1 amide bonds. The first-order chi connectivity index (χ1) is 7.09. The van der Waals surface area contributed by atoms with Crippen LogP contribution in [-0.2, 0) is 4.79 Å². The lowest BCUT2D eigenvalue weighted by Gasteiger charge is -2.20. The van der Waals surface area contributed by atoms with Crippen LogP contribution in [0, 0.1) is 13.8 Å². The molecule has 0 aromatic heterocycles. The smallest absolute Gasteiger partial charge is 0.227 e. The summed E-state index contributed by atoms with van der Waals surface area (Å²) in [5.74, 6) is 0.211. The minimum absolute atomic E-state index is 0.211. The number of benzene rings is 1. The van der Waals surface area contributed by atoms with E-state index >= 15 is 0 Å². The Bertz CT molecular complexity index is 412. The summed E-state index contributed by atoms with van der Waals surface area (Å²) in [5.41, 5.74) is 9.81. The lowest BCUT2D eigenvalue weighted by Crippen LogP contribution is -2.24. The van der Waals surface area contributed by atoms with Gasteiger partial charge < -0.3 is 10.6 Å². The van der Waals surface area contributed by atoms with Crippen molar-refractivity contribution in [3.8, 4) is 0 Å². The minimum Gasteiger partial charge on any atom is -0.399 e. The van der Waals surface area contributed by atoms with E-state index in [9.17, 15) is 4.79 Å². The molecular formula is C12H16N2O. The van der Waals surface area contributed by atoms with Crippen LogP contribution in [0.3, 0.4) is 0 Å². The molecule has 0 spiro atoms. The van der Waals surface area contributed by atoms with Crippen molar-refractivity contribution in [1.82, 2.24) is 0 Å². The highest BCUT2D eigenvalue weighted by atomic mass is 16.2. The Hall–Kier alpha value is -1.51. The fourth-order valence-electron chi connectivity index (χ4n) is 2.05. The number of aryl methyl sites for hydroxylation is 1. The molecule has 0 radical (unpaired) electrons. The molecule has 15 heavy (non-hydrogen) atoms. The third-order valence-corrected chi connectivity index (χ3v) is 3.03. The summed E-state index contributed by atoms with van der Waals surface area (Å²) in [7, 11) is 0. The zero-order valence-electron chi connectivity index (χ0n) is 9.21. The molecule has 1 aromatic rings. The molecule has 1 heterocycles. The van der Waals surface area contributed by atoms with Crippen LogP contribution in [0.2, 0.25) is 0 Å². The first kappa shape index (κ1) is 10.0. The first-order valence-corrected chi connectivity index (χ1v) is 5.26. The van der Waals surface area contributed by atoms with Gasteiger partial charge in [0.1, 0.15) is 0 Å². The fourth-order valence-corrected chi connectivity index (χ4v) is 2.05. The molecule has 80 valence electrons. The lowest BCUT2D eigenvalue weighted by atomic mass is 10.1. The molecule has 1 aliphatic rings. The maximum Gasteiger partial charge on any atom is 0.227 e. The quantitative estimate of drug-likeness (QED) is 0.711. The lowest BCUT2D eigenvalue weighted by molar-refractivity contribution is -0.117. The number of anilines is 2. The topological polar surface area (TPSA) is 46.3 Å². The Balaban J connectivity index is 2.47. The molecule has 2 N–H and O–H groups in total.